The summed E-state index contributed by atoms with van der Waals surface area (Å²) in [5, 5.41) is 13.9. The van der Waals surface area contributed by atoms with E-state index in [2.05, 4.69) is 35.0 Å². The molecule has 0 spiro atoms. The molecular weight excluding hydrogens is 246 g/mol. The maximum atomic E-state index is 10.6. The molecule has 2 unspecified atom stereocenters. The van der Waals surface area contributed by atoms with Crippen LogP contribution in [-0.2, 0) is 0 Å². The van der Waals surface area contributed by atoms with Gasteiger partial charge in [-0.15, -0.1) is 0 Å². The number of nitrogens with one attached hydrogen (secondary N) is 3. The fraction of sp³-hybridized carbons (Fsp3) is 0.583. The van der Waals surface area contributed by atoms with Crippen molar-refractivity contribution in [2.24, 2.45) is 5.92 Å². The monoisotopic (exact) mass is 265 g/mol. The van der Waals surface area contributed by atoms with E-state index in [0.717, 1.165) is 12.1 Å². The predicted octanol–water partition coefficient (Wildman–Crippen LogP) is 1.21. The van der Waals surface area contributed by atoms with Crippen LogP contribution in [0.5, 0.6) is 0 Å². The molecule has 0 aliphatic carbocycles. The lowest BCUT2D eigenvalue weighted by molar-refractivity contribution is -0.385. The summed E-state index contributed by atoms with van der Waals surface area (Å²) in [7, 11) is 0. The highest BCUT2D eigenvalue weighted by molar-refractivity contribution is 5.48. The van der Waals surface area contributed by atoms with E-state index in [0.29, 0.717) is 23.8 Å². The van der Waals surface area contributed by atoms with Crippen molar-refractivity contribution >= 4 is 11.5 Å². The second kappa shape index (κ2) is 5.50. The first kappa shape index (κ1) is 13.7. The van der Waals surface area contributed by atoms with E-state index in [1.165, 1.54) is 12.3 Å². The van der Waals surface area contributed by atoms with Gasteiger partial charge in [-0.25, -0.2) is 4.98 Å². The number of nitro groups is 1. The Morgan fingerprint density at radius 1 is 1.42 bits per heavy atom. The Kier molecular flexibility index (Phi) is 3.96. The van der Waals surface area contributed by atoms with Gasteiger partial charge in [-0.3, -0.25) is 21.0 Å². The number of anilines is 1. The van der Waals surface area contributed by atoms with E-state index in [9.17, 15) is 10.1 Å². The molecule has 2 atom stereocenters. The SMILES string of the molecule is Cc1cc([N+](=O)[O-])cnc1NCC1C(C)NNC1C. The van der Waals surface area contributed by atoms with E-state index >= 15 is 0 Å². The van der Waals surface area contributed by atoms with Crippen molar-refractivity contribution in [3.63, 3.8) is 0 Å². The van der Waals surface area contributed by atoms with E-state index in [-0.39, 0.29) is 5.69 Å². The predicted molar refractivity (Wildman–Crippen MR) is 72.8 cm³/mol. The number of nitrogens with zero attached hydrogens (tertiary/aromatic N) is 2. The standard InChI is InChI=1S/C12H19N5O2/c1-7-4-10(17(18)19)5-13-12(7)14-6-11-8(2)15-16-9(11)3/h4-5,8-9,11,15-16H,6H2,1-3H3,(H,13,14). The van der Waals surface area contributed by atoms with Crippen molar-refractivity contribution in [1.29, 1.82) is 0 Å². The minimum Gasteiger partial charge on any atom is -0.369 e. The molecule has 0 radical (unpaired) electrons. The zero-order valence-electron chi connectivity index (χ0n) is 11.3. The lowest BCUT2D eigenvalue weighted by Crippen LogP contribution is -2.30. The molecule has 7 nitrogen and oxygen atoms in total. The molecule has 104 valence electrons. The summed E-state index contributed by atoms with van der Waals surface area (Å²) in [6.45, 7) is 6.84. The van der Waals surface area contributed by atoms with Crippen LogP contribution in [0.15, 0.2) is 12.3 Å². The van der Waals surface area contributed by atoms with Gasteiger partial charge in [-0.05, 0) is 26.3 Å². The molecule has 1 aliphatic rings. The molecule has 1 aromatic rings. The second-order valence-corrected chi connectivity index (χ2v) is 5.03. The van der Waals surface area contributed by atoms with Crippen LogP contribution < -0.4 is 16.2 Å². The van der Waals surface area contributed by atoms with Gasteiger partial charge in [0, 0.05) is 30.6 Å². The van der Waals surface area contributed by atoms with Crippen LogP contribution in [0.25, 0.3) is 0 Å². The van der Waals surface area contributed by atoms with Gasteiger partial charge in [0.1, 0.15) is 12.0 Å². The summed E-state index contributed by atoms with van der Waals surface area (Å²) in [4.78, 5) is 14.3. The van der Waals surface area contributed by atoms with Crippen LogP contribution >= 0.6 is 0 Å². The normalized spacial score (nSPS) is 26.4. The number of hydrazine groups is 1. The lowest BCUT2D eigenvalue weighted by Gasteiger charge is -2.19. The molecule has 0 aromatic carbocycles. The Hall–Kier alpha value is -1.73. The van der Waals surface area contributed by atoms with Crippen LogP contribution in [-0.4, -0.2) is 28.5 Å². The van der Waals surface area contributed by atoms with E-state index in [1.807, 2.05) is 6.92 Å². The number of pyridine rings is 1. The molecule has 0 saturated carbocycles. The van der Waals surface area contributed by atoms with Crippen molar-refractivity contribution in [1.82, 2.24) is 15.8 Å². The molecule has 7 heteroatoms. The van der Waals surface area contributed by atoms with Gasteiger partial charge >= 0.3 is 0 Å². The van der Waals surface area contributed by atoms with Gasteiger partial charge in [0.2, 0.25) is 0 Å². The van der Waals surface area contributed by atoms with Crippen LogP contribution in [0.4, 0.5) is 11.5 Å². The van der Waals surface area contributed by atoms with Crippen LogP contribution in [0.1, 0.15) is 19.4 Å². The smallest absolute Gasteiger partial charge is 0.287 e. The second-order valence-electron chi connectivity index (χ2n) is 5.03. The first-order valence-corrected chi connectivity index (χ1v) is 6.35. The minimum absolute atomic E-state index is 0.0222. The highest BCUT2D eigenvalue weighted by atomic mass is 16.6. The third-order valence-corrected chi connectivity index (χ3v) is 3.60. The Morgan fingerprint density at radius 2 is 2.05 bits per heavy atom. The van der Waals surface area contributed by atoms with E-state index in [1.54, 1.807) is 0 Å². The molecule has 0 bridgehead atoms. The molecule has 0 amide bonds. The van der Waals surface area contributed by atoms with Crippen molar-refractivity contribution in [2.75, 3.05) is 11.9 Å². The van der Waals surface area contributed by atoms with Gasteiger partial charge < -0.3 is 5.32 Å². The Bertz CT molecular complexity index is 469. The maximum absolute atomic E-state index is 10.6. The number of aromatic nitrogens is 1. The molecule has 3 N–H and O–H groups in total. The first-order valence-electron chi connectivity index (χ1n) is 6.35. The number of hydrogen-bond donors (Lipinski definition) is 3. The van der Waals surface area contributed by atoms with E-state index in [4.69, 9.17) is 0 Å². The summed E-state index contributed by atoms with van der Waals surface area (Å²) in [6, 6.07) is 2.29. The summed E-state index contributed by atoms with van der Waals surface area (Å²) in [6.07, 6.45) is 1.29. The van der Waals surface area contributed by atoms with Gasteiger partial charge in [0.05, 0.1) is 4.92 Å². The fourth-order valence-corrected chi connectivity index (χ4v) is 2.32. The van der Waals surface area contributed by atoms with Gasteiger partial charge in [0.15, 0.2) is 0 Å². The van der Waals surface area contributed by atoms with Crippen molar-refractivity contribution < 1.29 is 4.92 Å². The molecule has 2 heterocycles. The molecular formula is C12H19N5O2. The summed E-state index contributed by atoms with van der Waals surface area (Å²) in [5.41, 5.74) is 7.20. The lowest BCUT2D eigenvalue weighted by atomic mass is 9.97. The number of aryl methyl sites for hydroxylation is 1. The zero-order valence-corrected chi connectivity index (χ0v) is 11.3. The largest absolute Gasteiger partial charge is 0.369 e. The first-order chi connectivity index (χ1) is 8.99. The summed E-state index contributed by atoms with van der Waals surface area (Å²) in [5.74, 6) is 1.15. The molecule has 1 aromatic heterocycles. The van der Waals surface area contributed by atoms with Gasteiger partial charge in [-0.1, -0.05) is 0 Å². The maximum Gasteiger partial charge on any atom is 0.287 e. The number of hydrogen-bond acceptors (Lipinski definition) is 6. The number of rotatable bonds is 4. The average Bonchev–Trinajstić information content (AvgIpc) is 2.68. The third kappa shape index (κ3) is 2.99. The highest BCUT2D eigenvalue weighted by Crippen LogP contribution is 2.20. The van der Waals surface area contributed by atoms with Gasteiger partial charge in [-0.2, -0.15) is 0 Å². The van der Waals surface area contributed by atoms with Crippen LogP contribution in [0.2, 0.25) is 0 Å². The van der Waals surface area contributed by atoms with Crippen molar-refractivity contribution in [3.05, 3.63) is 27.9 Å². The Balaban J connectivity index is 2.02. The Labute approximate surface area is 111 Å². The molecule has 1 aliphatic heterocycles. The molecule has 1 saturated heterocycles. The third-order valence-electron chi connectivity index (χ3n) is 3.60. The molecule has 2 rings (SSSR count). The zero-order chi connectivity index (χ0) is 14.0. The summed E-state index contributed by atoms with van der Waals surface area (Å²) >= 11 is 0. The highest BCUT2D eigenvalue weighted by Gasteiger charge is 2.29. The van der Waals surface area contributed by atoms with Crippen molar-refractivity contribution in [2.45, 2.75) is 32.9 Å². The van der Waals surface area contributed by atoms with E-state index < -0.39 is 4.92 Å². The summed E-state index contributed by atoms with van der Waals surface area (Å²) < 4.78 is 0. The van der Waals surface area contributed by atoms with Crippen molar-refractivity contribution in [3.8, 4) is 0 Å². The van der Waals surface area contributed by atoms with Crippen LogP contribution in [0, 0.1) is 23.0 Å². The fourth-order valence-electron chi connectivity index (χ4n) is 2.32. The minimum atomic E-state index is -0.432. The average molecular weight is 265 g/mol. The molecule has 1 fully saturated rings. The Morgan fingerprint density at radius 3 is 2.58 bits per heavy atom. The molecule has 19 heavy (non-hydrogen) atoms. The quantitative estimate of drug-likeness (QED) is 0.560. The van der Waals surface area contributed by atoms with Crippen LogP contribution in [0.3, 0.4) is 0 Å². The van der Waals surface area contributed by atoms with Gasteiger partial charge in [0.25, 0.3) is 5.69 Å². The topological polar surface area (TPSA) is 92.1 Å².